The first-order valence-corrected chi connectivity index (χ1v) is 7.04. The lowest BCUT2D eigenvalue weighted by atomic mass is 9.81. The van der Waals surface area contributed by atoms with E-state index in [1.165, 1.54) is 0 Å². The van der Waals surface area contributed by atoms with Crippen molar-refractivity contribution in [2.24, 2.45) is 5.73 Å². The molecule has 2 bridgehead atoms. The molecule has 3 unspecified atom stereocenters. The van der Waals surface area contributed by atoms with Gasteiger partial charge in [-0.1, -0.05) is 30.3 Å². The quantitative estimate of drug-likeness (QED) is 0.868. The summed E-state index contributed by atoms with van der Waals surface area (Å²) in [5.74, 6) is -0.564. The van der Waals surface area contributed by atoms with Gasteiger partial charge in [-0.15, -0.1) is 0 Å². The van der Waals surface area contributed by atoms with Gasteiger partial charge in [0.15, 0.2) is 5.54 Å². The van der Waals surface area contributed by atoms with E-state index in [1.807, 2.05) is 30.3 Å². The number of carbonyl (C=O) groups is 2. The number of primary amides is 1. The number of benzene rings is 1. The molecular weight excluding hydrogens is 272 g/mol. The molecular formula is C15H18N2O4. The van der Waals surface area contributed by atoms with Gasteiger partial charge in [-0.2, -0.15) is 0 Å². The van der Waals surface area contributed by atoms with E-state index in [0.717, 1.165) is 18.4 Å². The zero-order valence-corrected chi connectivity index (χ0v) is 11.6. The Kier molecular flexibility index (Phi) is 3.55. The van der Waals surface area contributed by atoms with Crippen LogP contribution in [0.4, 0.5) is 4.79 Å². The Bertz CT molecular complexity index is 548. The smallest absolute Gasteiger partial charge is 0.408 e. The number of nitrogens with two attached hydrogens (primary N) is 1. The molecule has 21 heavy (non-hydrogen) atoms. The number of ether oxygens (including phenoxy) is 2. The van der Waals surface area contributed by atoms with Crippen molar-refractivity contribution in [3.63, 3.8) is 0 Å². The fraction of sp³-hybridized carbons (Fsp3) is 0.467. The van der Waals surface area contributed by atoms with Gasteiger partial charge < -0.3 is 20.5 Å². The van der Waals surface area contributed by atoms with Crippen molar-refractivity contribution in [2.45, 2.75) is 43.6 Å². The number of rotatable bonds is 4. The third kappa shape index (κ3) is 2.58. The predicted octanol–water partition coefficient (Wildman–Crippen LogP) is 1.09. The van der Waals surface area contributed by atoms with E-state index >= 15 is 0 Å². The topological polar surface area (TPSA) is 90.7 Å². The van der Waals surface area contributed by atoms with Gasteiger partial charge in [-0.3, -0.25) is 4.79 Å². The second-order valence-corrected chi connectivity index (χ2v) is 5.55. The van der Waals surface area contributed by atoms with Crippen molar-refractivity contribution in [2.75, 3.05) is 0 Å². The molecule has 2 fully saturated rings. The van der Waals surface area contributed by atoms with E-state index in [1.54, 1.807) is 0 Å². The highest BCUT2D eigenvalue weighted by Gasteiger charge is 2.57. The summed E-state index contributed by atoms with van der Waals surface area (Å²) in [6.07, 6.45) is 1.07. The van der Waals surface area contributed by atoms with E-state index in [0.29, 0.717) is 6.42 Å². The molecule has 1 aromatic carbocycles. The second kappa shape index (κ2) is 5.37. The van der Waals surface area contributed by atoms with Crippen molar-refractivity contribution in [1.29, 1.82) is 0 Å². The van der Waals surface area contributed by atoms with Gasteiger partial charge in [0.1, 0.15) is 6.61 Å². The number of fused-ring (bicyclic) bond motifs is 2. The SMILES string of the molecule is NC(=O)C1(NC(=O)OCc2ccccc2)CC2CCC1O2. The minimum Gasteiger partial charge on any atom is -0.445 e. The fourth-order valence-electron chi connectivity index (χ4n) is 3.10. The molecule has 2 heterocycles. The summed E-state index contributed by atoms with van der Waals surface area (Å²) in [6.45, 7) is 0.149. The lowest BCUT2D eigenvalue weighted by Gasteiger charge is -2.32. The molecule has 0 radical (unpaired) electrons. The van der Waals surface area contributed by atoms with Gasteiger partial charge in [0.05, 0.1) is 12.2 Å². The van der Waals surface area contributed by atoms with Crippen molar-refractivity contribution in [1.82, 2.24) is 5.32 Å². The van der Waals surface area contributed by atoms with Gasteiger partial charge in [0, 0.05) is 6.42 Å². The molecule has 6 heteroatoms. The maximum Gasteiger partial charge on any atom is 0.408 e. The Hall–Kier alpha value is -2.08. The average molecular weight is 290 g/mol. The third-order valence-corrected chi connectivity index (χ3v) is 4.18. The Morgan fingerprint density at radius 3 is 2.67 bits per heavy atom. The first kappa shape index (κ1) is 13.9. The molecule has 6 nitrogen and oxygen atoms in total. The number of alkyl carbamates (subject to hydrolysis) is 1. The number of nitrogens with one attached hydrogen (secondary N) is 1. The minimum atomic E-state index is -1.13. The van der Waals surface area contributed by atoms with Crippen LogP contribution in [0.3, 0.4) is 0 Å². The van der Waals surface area contributed by atoms with Gasteiger partial charge >= 0.3 is 6.09 Å². The van der Waals surface area contributed by atoms with Crippen LogP contribution in [0, 0.1) is 0 Å². The summed E-state index contributed by atoms with van der Waals surface area (Å²) < 4.78 is 10.8. The summed E-state index contributed by atoms with van der Waals surface area (Å²) in [4.78, 5) is 23.8. The highest BCUT2D eigenvalue weighted by Crippen LogP contribution is 2.41. The maximum atomic E-state index is 12.0. The Morgan fingerprint density at radius 2 is 2.10 bits per heavy atom. The molecule has 0 aromatic heterocycles. The first-order chi connectivity index (χ1) is 10.1. The standard InChI is InChI=1S/C15H18N2O4/c16-13(18)15(8-11-6-7-12(15)21-11)17-14(19)20-9-10-4-2-1-3-5-10/h1-5,11-12H,6-9H2,(H2,16,18)(H,17,19). The highest BCUT2D eigenvalue weighted by molar-refractivity contribution is 5.90. The van der Waals surface area contributed by atoms with Gasteiger partial charge in [0.25, 0.3) is 0 Å². The van der Waals surface area contributed by atoms with E-state index < -0.39 is 17.5 Å². The molecule has 112 valence electrons. The normalized spacial score (nSPS) is 30.1. The monoisotopic (exact) mass is 290 g/mol. The van der Waals surface area contributed by atoms with Crippen molar-refractivity contribution in [3.05, 3.63) is 35.9 Å². The minimum absolute atomic E-state index is 0.00285. The molecule has 3 atom stereocenters. The van der Waals surface area contributed by atoms with Crippen LogP contribution in [0.2, 0.25) is 0 Å². The van der Waals surface area contributed by atoms with Crippen LogP contribution < -0.4 is 11.1 Å². The van der Waals surface area contributed by atoms with E-state index in [9.17, 15) is 9.59 Å². The van der Waals surface area contributed by atoms with Gasteiger partial charge in [-0.25, -0.2) is 4.79 Å². The maximum absolute atomic E-state index is 12.0. The molecule has 0 spiro atoms. The zero-order valence-electron chi connectivity index (χ0n) is 11.6. The second-order valence-electron chi connectivity index (χ2n) is 5.55. The summed E-state index contributed by atoms with van der Waals surface area (Å²) in [6, 6.07) is 9.34. The molecule has 2 aliphatic rings. The molecule has 3 rings (SSSR count). The molecule has 2 aliphatic heterocycles. The van der Waals surface area contributed by atoms with Crippen molar-refractivity contribution in [3.8, 4) is 0 Å². The Morgan fingerprint density at radius 1 is 1.33 bits per heavy atom. The van der Waals surface area contributed by atoms with Gasteiger partial charge in [-0.05, 0) is 18.4 Å². The molecule has 2 amide bonds. The number of hydrogen-bond acceptors (Lipinski definition) is 4. The van der Waals surface area contributed by atoms with Crippen molar-refractivity contribution >= 4 is 12.0 Å². The van der Waals surface area contributed by atoms with Crippen LogP contribution in [-0.4, -0.2) is 29.7 Å². The largest absolute Gasteiger partial charge is 0.445 e. The Labute approximate surface area is 122 Å². The molecule has 0 aliphatic carbocycles. The molecule has 0 saturated carbocycles. The van der Waals surface area contributed by atoms with Crippen LogP contribution in [0.25, 0.3) is 0 Å². The number of hydrogen-bond donors (Lipinski definition) is 2. The summed E-state index contributed by atoms with van der Waals surface area (Å²) >= 11 is 0. The van der Waals surface area contributed by atoms with Crippen LogP contribution >= 0.6 is 0 Å². The van der Waals surface area contributed by atoms with E-state index in [-0.39, 0.29) is 18.8 Å². The Balaban J connectivity index is 1.62. The first-order valence-electron chi connectivity index (χ1n) is 7.04. The summed E-state index contributed by atoms with van der Waals surface area (Å²) in [5.41, 5.74) is 5.24. The van der Waals surface area contributed by atoms with E-state index in [2.05, 4.69) is 5.32 Å². The van der Waals surface area contributed by atoms with Crippen LogP contribution in [0.5, 0.6) is 0 Å². The lowest BCUT2D eigenvalue weighted by Crippen LogP contribution is -2.63. The highest BCUT2D eigenvalue weighted by atomic mass is 16.6. The number of carbonyl (C=O) groups excluding carboxylic acids is 2. The average Bonchev–Trinajstić information content (AvgIpc) is 3.07. The third-order valence-electron chi connectivity index (χ3n) is 4.18. The summed E-state index contributed by atoms with van der Waals surface area (Å²) in [7, 11) is 0. The van der Waals surface area contributed by atoms with E-state index in [4.69, 9.17) is 15.2 Å². The fourth-order valence-corrected chi connectivity index (χ4v) is 3.10. The van der Waals surface area contributed by atoms with Crippen LogP contribution in [0.1, 0.15) is 24.8 Å². The van der Waals surface area contributed by atoms with Crippen molar-refractivity contribution < 1.29 is 19.1 Å². The van der Waals surface area contributed by atoms with Crippen LogP contribution in [-0.2, 0) is 20.9 Å². The number of amides is 2. The van der Waals surface area contributed by atoms with Crippen LogP contribution in [0.15, 0.2) is 30.3 Å². The molecule has 3 N–H and O–H groups in total. The molecule has 1 aromatic rings. The lowest BCUT2D eigenvalue weighted by molar-refractivity contribution is -0.126. The zero-order chi connectivity index (χ0) is 14.9. The summed E-state index contributed by atoms with van der Waals surface area (Å²) in [5, 5.41) is 2.63. The molecule has 2 saturated heterocycles. The predicted molar refractivity (Wildman–Crippen MR) is 74.2 cm³/mol. The van der Waals surface area contributed by atoms with Gasteiger partial charge in [0.2, 0.25) is 5.91 Å².